The van der Waals surface area contributed by atoms with Crippen LogP contribution in [0.25, 0.3) is 11.4 Å². The van der Waals surface area contributed by atoms with Crippen LogP contribution in [0.2, 0.25) is 0 Å². The maximum atomic E-state index is 12.9. The zero-order valence-corrected chi connectivity index (χ0v) is 21.9. The van der Waals surface area contributed by atoms with E-state index in [0.717, 1.165) is 37.1 Å². The second-order valence-electron chi connectivity index (χ2n) is 8.98. The van der Waals surface area contributed by atoms with Crippen molar-refractivity contribution in [1.82, 2.24) is 20.4 Å². The summed E-state index contributed by atoms with van der Waals surface area (Å²) in [5.74, 6) is 3.61. The molecule has 10 heteroatoms. The number of likely N-dealkylation sites (tertiary alicyclic amines) is 1. The van der Waals surface area contributed by atoms with E-state index in [9.17, 15) is 4.79 Å². The first kappa shape index (κ1) is 26.3. The Balaban J connectivity index is 1.29. The zero-order valence-electron chi connectivity index (χ0n) is 21.9. The van der Waals surface area contributed by atoms with E-state index < -0.39 is 0 Å². The number of benzene rings is 2. The van der Waals surface area contributed by atoms with E-state index in [1.54, 1.807) is 28.4 Å². The Morgan fingerprint density at radius 2 is 1.59 bits per heavy atom. The Morgan fingerprint density at radius 1 is 0.973 bits per heavy atom. The highest BCUT2D eigenvalue weighted by molar-refractivity contribution is 5.79. The summed E-state index contributed by atoms with van der Waals surface area (Å²) < 4.78 is 26.8. The number of carbonyl (C=O) groups is 1. The third-order valence-corrected chi connectivity index (χ3v) is 6.69. The summed E-state index contributed by atoms with van der Waals surface area (Å²) in [7, 11) is 6.38. The molecule has 1 aliphatic heterocycles. The number of hydrogen-bond acceptors (Lipinski definition) is 9. The van der Waals surface area contributed by atoms with Crippen LogP contribution in [-0.2, 0) is 11.3 Å². The Hall–Kier alpha value is -3.79. The topological polar surface area (TPSA) is 108 Å². The fourth-order valence-electron chi connectivity index (χ4n) is 4.49. The molecular formula is C27H34N4O6. The maximum absolute atomic E-state index is 12.9. The SMILES string of the molecule is COc1ccc(-c2noc(CN3CCC(C(=O)NC(C)c4ccc(OC)c(OC)c4)CC3)n2)cc1OC. The van der Waals surface area contributed by atoms with Crippen molar-refractivity contribution in [2.24, 2.45) is 5.92 Å². The molecule has 1 atom stereocenters. The molecule has 1 amide bonds. The third kappa shape index (κ3) is 6.14. The highest BCUT2D eigenvalue weighted by atomic mass is 16.5. The Morgan fingerprint density at radius 3 is 2.24 bits per heavy atom. The minimum atomic E-state index is -0.140. The molecule has 1 N–H and O–H groups in total. The molecule has 1 fully saturated rings. The average Bonchev–Trinajstić information content (AvgIpc) is 3.40. The van der Waals surface area contributed by atoms with Crippen molar-refractivity contribution in [3.63, 3.8) is 0 Å². The number of amides is 1. The predicted octanol–water partition coefficient (Wildman–Crippen LogP) is 3.86. The number of hydrogen-bond donors (Lipinski definition) is 1. The minimum absolute atomic E-state index is 0.0381. The number of piperidine rings is 1. The van der Waals surface area contributed by atoms with Crippen molar-refractivity contribution < 1.29 is 28.3 Å². The van der Waals surface area contributed by atoms with Gasteiger partial charge in [0.15, 0.2) is 23.0 Å². The van der Waals surface area contributed by atoms with E-state index in [4.69, 9.17) is 23.5 Å². The first-order valence-electron chi connectivity index (χ1n) is 12.2. The van der Waals surface area contributed by atoms with Gasteiger partial charge in [-0.3, -0.25) is 9.69 Å². The van der Waals surface area contributed by atoms with Gasteiger partial charge in [0, 0.05) is 11.5 Å². The molecule has 198 valence electrons. The molecule has 2 heterocycles. The van der Waals surface area contributed by atoms with Crippen LogP contribution in [0.1, 0.15) is 37.3 Å². The molecule has 1 aliphatic rings. The van der Waals surface area contributed by atoms with Crippen molar-refractivity contribution >= 4 is 5.91 Å². The molecule has 0 saturated carbocycles. The average molecular weight is 511 g/mol. The van der Waals surface area contributed by atoms with Gasteiger partial charge in [0.25, 0.3) is 0 Å². The van der Waals surface area contributed by atoms with Crippen LogP contribution in [-0.4, -0.2) is 62.5 Å². The van der Waals surface area contributed by atoms with Gasteiger partial charge in [-0.25, -0.2) is 0 Å². The molecule has 0 bridgehead atoms. The van der Waals surface area contributed by atoms with E-state index in [1.807, 2.05) is 43.3 Å². The monoisotopic (exact) mass is 510 g/mol. The van der Waals surface area contributed by atoms with Gasteiger partial charge >= 0.3 is 0 Å². The van der Waals surface area contributed by atoms with Gasteiger partial charge in [0.05, 0.1) is 41.0 Å². The maximum Gasteiger partial charge on any atom is 0.241 e. The number of nitrogens with one attached hydrogen (secondary N) is 1. The Labute approximate surface area is 216 Å². The lowest BCUT2D eigenvalue weighted by Crippen LogP contribution is -2.40. The van der Waals surface area contributed by atoms with Gasteiger partial charge in [-0.05, 0) is 68.8 Å². The normalized spacial score (nSPS) is 15.2. The van der Waals surface area contributed by atoms with Crippen LogP contribution in [0.4, 0.5) is 0 Å². The van der Waals surface area contributed by atoms with Gasteiger partial charge < -0.3 is 28.8 Å². The number of rotatable bonds is 10. The van der Waals surface area contributed by atoms with Gasteiger partial charge in [0.1, 0.15) is 0 Å². The first-order valence-corrected chi connectivity index (χ1v) is 12.2. The van der Waals surface area contributed by atoms with E-state index >= 15 is 0 Å². The lowest BCUT2D eigenvalue weighted by molar-refractivity contribution is -0.127. The molecular weight excluding hydrogens is 476 g/mol. The van der Waals surface area contributed by atoms with Gasteiger partial charge in [0.2, 0.25) is 17.6 Å². The van der Waals surface area contributed by atoms with E-state index in [1.165, 1.54) is 0 Å². The van der Waals surface area contributed by atoms with Crippen LogP contribution in [0.3, 0.4) is 0 Å². The van der Waals surface area contributed by atoms with Gasteiger partial charge in [-0.1, -0.05) is 11.2 Å². The fourth-order valence-corrected chi connectivity index (χ4v) is 4.49. The second kappa shape index (κ2) is 12.0. The zero-order chi connectivity index (χ0) is 26.4. The standard InChI is InChI=1S/C27H34N4O6/c1-17(19-6-8-21(33-2)23(14-19)35-4)28-27(32)18-10-12-31(13-11-18)16-25-29-26(30-37-25)20-7-9-22(34-3)24(15-20)36-5/h6-9,14-15,17-18H,10-13,16H2,1-5H3,(H,28,32). The van der Waals surface area contributed by atoms with Crippen LogP contribution < -0.4 is 24.3 Å². The second-order valence-corrected chi connectivity index (χ2v) is 8.98. The first-order chi connectivity index (χ1) is 17.9. The summed E-state index contributed by atoms with van der Waals surface area (Å²) in [5.41, 5.74) is 1.75. The number of nitrogens with zero attached hydrogens (tertiary/aromatic N) is 3. The summed E-state index contributed by atoms with van der Waals surface area (Å²) in [4.78, 5) is 19.7. The van der Waals surface area contributed by atoms with Crippen molar-refractivity contribution in [2.45, 2.75) is 32.4 Å². The largest absolute Gasteiger partial charge is 0.493 e. The van der Waals surface area contributed by atoms with Crippen molar-refractivity contribution in [3.05, 3.63) is 47.9 Å². The molecule has 4 rings (SSSR count). The van der Waals surface area contributed by atoms with E-state index in [-0.39, 0.29) is 17.9 Å². The summed E-state index contributed by atoms with van der Waals surface area (Å²) in [6, 6.07) is 11.0. The quantitative estimate of drug-likeness (QED) is 0.435. The lowest BCUT2D eigenvalue weighted by Gasteiger charge is -2.31. The van der Waals surface area contributed by atoms with Crippen LogP contribution in [0, 0.1) is 5.92 Å². The molecule has 2 aromatic carbocycles. The van der Waals surface area contributed by atoms with Crippen molar-refractivity contribution in [3.8, 4) is 34.4 Å². The highest BCUT2D eigenvalue weighted by Crippen LogP contribution is 2.32. The van der Waals surface area contributed by atoms with Crippen LogP contribution >= 0.6 is 0 Å². The van der Waals surface area contributed by atoms with Crippen molar-refractivity contribution in [2.75, 3.05) is 41.5 Å². The molecule has 10 nitrogen and oxygen atoms in total. The molecule has 1 saturated heterocycles. The minimum Gasteiger partial charge on any atom is -0.493 e. The molecule has 0 aliphatic carbocycles. The smallest absolute Gasteiger partial charge is 0.241 e. The molecule has 1 unspecified atom stereocenters. The molecule has 37 heavy (non-hydrogen) atoms. The van der Waals surface area contributed by atoms with Gasteiger partial charge in [-0.15, -0.1) is 0 Å². The number of methoxy groups -OCH3 is 4. The lowest BCUT2D eigenvalue weighted by atomic mass is 9.95. The van der Waals surface area contributed by atoms with Crippen molar-refractivity contribution in [1.29, 1.82) is 0 Å². The molecule has 1 aromatic heterocycles. The van der Waals surface area contributed by atoms with Gasteiger partial charge in [-0.2, -0.15) is 4.98 Å². The number of ether oxygens (including phenoxy) is 4. The Bertz CT molecular complexity index is 1210. The van der Waals surface area contributed by atoms with Crippen LogP contribution in [0.15, 0.2) is 40.9 Å². The number of aromatic nitrogens is 2. The molecule has 3 aromatic rings. The summed E-state index contributed by atoms with van der Waals surface area (Å²) in [6.45, 7) is 4.06. The fraction of sp³-hybridized carbons (Fsp3) is 0.444. The van der Waals surface area contributed by atoms with Crippen LogP contribution in [0.5, 0.6) is 23.0 Å². The van der Waals surface area contributed by atoms with E-state index in [2.05, 4.69) is 20.4 Å². The highest BCUT2D eigenvalue weighted by Gasteiger charge is 2.27. The summed E-state index contributed by atoms with van der Waals surface area (Å²) in [5, 5.41) is 7.26. The number of carbonyl (C=O) groups excluding carboxylic acids is 1. The van der Waals surface area contributed by atoms with E-state index in [0.29, 0.717) is 41.3 Å². The molecule has 0 spiro atoms. The Kier molecular flexibility index (Phi) is 8.50. The predicted molar refractivity (Wildman–Crippen MR) is 137 cm³/mol. The summed E-state index contributed by atoms with van der Waals surface area (Å²) >= 11 is 0. The third-order valence-electron chi connectivity index (χ3n) is 6.69. The summed E-state index contributed by atoms with van der Waals surface area (Å²) in [6.07, 6.45) is 1.53. The molecule has 0 radical (unpaired) electrons.